The molecular formula is C20H29N3OS. The van der Waals surface area contributed by atoms with Gasteiger partial charge in [0.2, 0.25) is 0 Å². The summed E-state index contributed by atoms with van der Waals surface area (Å²) in [6.45, 7) is 8.30. The van der Waals surface area contributed by atoms with Crippen molar-refractivity contribution in [2.75, 3.05) is 27.2 Å². The van der Waals surface area contributed by atoms with Crippen LogP contribution in [0.5, 0.6) is 5.75 Å². The minimum Gasteiger partial charge on any atom is -0.496 e. The molecule has 0 bridgehead atoms. The molecule has 1 heterocycles. The van der Waals surface area contributed by atoms with Crippen molar-refractivity contribution in [1.29, 1.82) is 0 Å². The summed E-state index contributed by atoms with van der Waals surface area (Å²) in [4.78, 5) is 5.72. The third-order valence-electron chi connectivity index (χ3n) is 4.36. The monoisotopic (exact) mass is 359 g/mol. The van der Waals surface area contributed by atoms with E-state index >= 15 is 0 Å². The van der Waals surface area contributed by atoms with Crippen molar-refractivity contribution in [3.63, 3.8) is 0 Å². The third-order valence-corrected chi connectivity index (χ3v) is 5.59. The number of guanidine groups is 1. The van der Waals surface area contributed by atoms with Crippen LogP contribution < -0.4 is 15.4 Å². The molecule has 0 aliphatic carbocycles. The average molecular weight is 360 g/mol. The number of benzene rings is 1. The zero-order chi connectivity index (χ0) is 18.3. The van der Waals surface area contributed by atoms with E-state index < -0.39 is 0 Å². The first-order valence-corrected chi connectivity index (χ1v) is 9.47. The molecule has 1 aromatic heterocycles. The molecule has 5 heteroatoms. The second-order valence-corrected chi connectivity index (χ2v) is 7.76. The van der Waals surface area contributed by atoms with Crippen LogP contribution in [0, 0.1) is 0 Å². The van der Waals surface area contributed by atoms with Crippen LogP contribution in [0.2, 0.25) is 0 Å². The van der Waals surface area contributed by atoms with Gasteiger partial charge in [-0.15, -0.1) is 11.3 Å². The lowest BCUT2D eigenvalue weighted by molar-refractivity contribution is 0.406. The van der Waals surface area contributed by atoms with Crippen LogP contribution in [-0.2, 0) is 5.41 Å². The molecule has 0 fully saturated rings. The second-order valence-electron chi connectivity index (χ2n) is 6.81. The van der Waals surface area contributed by atoms with Crippen molar-refractivity contribution in [1.82, 2.24) is 10.6 Å². The van der Waals surface area contributed by atoms with Gasteiger partial charge >= 0.3 is 0 Å². The average Bonchev–Trinajstić information content (AvgIpc) is 3.17. The summed E-state index contributed by atoms with van der Waals surface area (Å²) in [5.41, 5.74) is 1.27. The number of aliphatic imine (C=N–C) groups is 1. The fourth-order valence-corrected chi connectivity index (χ4v) is 3.56. The Kier molecular flexibility index (Phi) is 6.88. The van der Waals surface area contributed by atoms with Gasteiger partial charge in [0, 0.05) is 36.3 Å². The third kappa shape index (κ3) is 5.23. The Morgan fingerprint density at radius 1 is 1.20 bits per heavy atom. The van der Waals surface area contributed by atoms with E-state index in [1.807, 2.05) is 18.2 Å². The van der Waals surface area contributed by atoms with Crippen molar-refractivity contribution < 1.29 is 4.74 Å². The van der Waals surface area contributed by atoms with Crippen molar-refractivity contribution in [2.45, 2.75) is 32.1 Å². The van der Waals surface area contributed by atoms with Crippen LogP contribution in [0.25, 0.3) is 0 Å². The molecule has 0 saturated heterocycles. The molecule has 0 spiro atoms. The molecule has 25 heavy (non-hydrogen) atoms. The number of hydrogen-bond acceptors (Lipinski definition) is 3. The first-order chi connectivity index (χ1) is 12.0. The van der Waals surface area contributed by atoms with Crippen LogP contribution in [0.4, 0.5) is 0 Å². The highest BCUT2D eigenvalue weighted by Crippen LogP contribution is 2.27. The molecule has 0 aliphatic heterocycles. The number of rotatable bonds is 7. The topological polar surface area (TPSA) is 45.7 Å². The molecule has 1 atom stereocenters. The van der Waals surface area contributed by atoms with Gasteiger partial charge in [0.15, 0.2) is 5.96 Å². The second kappa shape index (κ2) is 8.90. The first kappa shape index (κ1) is 19.3. The van der Waals surface area contributed by atoms with E-state index in [2.05, 4.69) is 60.0 Å². The van der Waals surface area contributed by atoms with E-state index in [4.69, 9.17) is 4.74 Å². The molecule has 4 nitrogen and oxygen atoms in total. The molecule has 2 aromatic rings. The van der Waals surface area contributed by atoms with Crippen LogP contribution >= 0.6 is 11.3 Å². The minimum atomic E-state index is 0.0695. The van der Waals surface area contributed by atoms with Gasteiger partial charge in [0.25, 0.3) is 0 Å². The predicted octanol–water partition coefficient (Wildman–Crippen LogP) is 4.00. The van der Waals surface area contributed by atoms with Crippen molar-refractivity contribution in [3.8, 4) is 5.75 Å². The van der Waals surface area contributed by atoms with Gasteiger partial charge in [-0.25, -0.2) is 0 Å². The minimum absolute atomic E-state index is 0.0695. The normalized spacial score (nSPS) is 13.4. The number of ether oxygens (including phenoxy) is 1. The quantitative estimate of drug-likeness (QED) is 0.580. The molecule has 0 saturated carbocycles. The molecule has 136 valence electrons. The fraction of sp³-hybridized carbons (Fsp3) is 0.450. The summed E-state index contributed by atoms with van der Waals surface area (Å²) in [6, 6.07) is 12.4. The maximum atomic E-state index is 5.46. The molecule has 1 aromatic carbocycles. The maximum absolute atomic E-state index is 5.46. The lowest BCUT2D eigenvalue weighted by Crippen LogP contribution is -2.44. The smallest absolute Gasteiger partial charge is 0.191 e. The number of para-hydroxylation sites is 1. The summed E-state index contributed by atoms with van der Waals surface area (Å²) in [5.74, 6) is 2.07. The Labute approximate surface area is 155 Å². The van der Waals surface area contributed by atoms with E-state index in [-0.39, 0.29) is 5.41 Å². The Bertz CT molecular complexity index is 680. The summed E-state index contributed by atoms with van der Waals surface area (Å²) >= 11 is 1.79. The standard InChI is InChI=1S/C20H29N3OS/c1-15(16-9-6-7-10-17(16)24-5)13-22-19(21-4)23-14-20(2,3)18-11-8-12-25-18/h6-12,15H,13-14H2,1-5H3,(H2,21,22,23). The van der Waals surface area contributed by atoms with E-state index in [9.17, 15) is 0 Å². The number of thiophene rings is 1. The fourth-order valence-electron chi connectivity index (χ4n) is 2.71. The Hall–Kier alpha value is -2.01. The molecule has 1 unspecified atom stereocenters. The Morgan fingerprint density at radius 3 is 2.60 bits per heavy atom. The summed E-state index contributed by atoms with van der Waals surface area (Å²) in [6.07, 6.45) is 0. The predicted molar refractivity (Wildman–Crippen MR) is 108 cm³/mol. The highest BCUT2D eigenvalue weighted by molar-refractivity contribution is 7.10. The van der Waals surface area contributed by atoms with Gasteiger partial charge in [-0.05, 0) is 23.1 Å². The van der Waals surface area contributed by atoms with Gasteiger partial charge < -0.3 is 15.4 Å². The van der Waals surface area contributed by atoms with Crippen LogP contribution in [0.15, 0.2) is 46.8 Å². The molecular weight excluding hydrogens is 330 g/mol. The van der Waals surface area contributed by atoms with Gasteiger partial charge in [-0.1, -0.05) is 45.0 Å². The van der Waals surface area contributed by atoms with E-state index in [0.29, 0.717) is 5.92 Å². The molecule has 0 amide bonds. The molecule has 2 N–H and O–H groups in total. The van der Waals surface area contributed by atoms with Crippen molar-refractivity contribution in [2.24, 2.45) is 4.99 Å². The summed E-state index contributed by atoms with van der Waals surface area (Å²) < 4.78 is 5.46. The lowest BCUT2D eigenvalue weighted by Gasteiger charge is -2.25. The lowest BCUT2D eigenvalue weighted by atomic mass is 9.91. The largest absolute Gasteiger partial charge is 0.496 e. The Balaban J connectivity index is 1.90. The molecule has 0 radical (unpaired) electrons. The number of nitrogens with zero attached hydrogens (tertiary/aromatic N) is 1. The van der Waals surface area contributed by atoms with Crippen molar-refractivity contribution >= 4 is 17.3 Å². The van der Waals surface area contributed by atoms with Gasteiger partial charge in [-0.2, -0.15) is 0 Å². The zero-order valence-electron chi connectivity index (χ0n) is 15.8. The Morgan fingerprint density at radius 2 is 1.96 bits per heavy atom. The highest BCUT2D eigenvalue weighted by Gasteiger charge is 2.22. The van der Waals surface area contributed by atoms with Crippen LogP contribution in [-0.4, -0.2) is 33.2 Å². The number of methoxy groups -OCH3 is 1. The van der Waals surface area contributed by atoms with Crippen LogP contribution in [0.1, 0.15) is 37.1 Å². The van der Waals surface area contributed by atoms with E-state index in [1.165, 1.54) is 10.4 Å². The van der Waals surface area contributed by atoms with E-state index in [0.717, 1.165) is 24.8 Å². The summed E-state index contributed by atoms with van der Waals surface area (Å²) in [7, 11) is 3.52. The number of hydrogen-bond donors (Lipinski definition) is 2. The van der Waals surface area contributed by atoms with Gasteiger partial charge in [0.1, 0.15) is 5.75 Å². The zero-order valence-corrected chi connectivity index (χ0v) is 16.6. The molecule has 2 rings (SSSR count). The first-order valence-electron chi connectivity index (χ1n) is 8.59. The number of nitrogens with one attached hydrogen (secondary N) is 2. The van der Waals surface area contributed by atoms with Crippen LogP contribution in [0.3, 0.4) is 0 Å². The van der Waals surface area contributed by atoms with Crippen molar-refractivity contribution in [3.05, 3.63) is 52.2 Å². The summed E-state index contributed by atoms with van der Waals surface area (Å²) in [5, 5.41) is 9.00. The van der Waals surface area contributed by atoms with Gasteiger partial charge in [0.05, 0.1) is 7.11 Å². The SMILES string of the molecule is CN=C(NCC(C)c1ccccc1OC)NCC(C)(C)c1cccs1. The molecule has 0 aliphatic rings. The maximum Gasteiger partial charge on any atom is 0.191 e. The van der Waals surface area contributed by atoms with E-state index in [1.54, 1.807) is 25.5 Å². The van der Waals surface area contributed by atoms with Gasteiger partial charge in [-0.3, -0.25) is 4.99 Å². The highest BCUT2D eigenvalue weighted by atomic mass is 32.1.